The van der Waals surface area contributed by atoms with Gasteiger partial charge in [-0.1, -0.05) is 30.3 Å². The van der Waals surface area contributed by atoms with E-state index in [4.69, 9.17) is 0 Å². The fraction of sp³-hybridized carbons (Fsp3) is 0.267. The maximum absolute atomic E-state index is 9.47. The fourth-order valence-electron chi connectivity index (χ4n) is 2.30. The molecule has 21 heavy (non-hydrogen) atoms. The van der Waals surface area contributed by atoms with Gasteiger partial charge in [0.1, 0.15) is 11.8 Å². The summed E-state index contributed by atoms with van der Waals surface area (Å²) < 4.78 is 2.00. The predicted octanol–water partition coefficient (Wildman–Crippen LogP) is 2.27. The van der Waals surface area contributed by atoms with E-state index in [-0.39, 0.29) is 11.9 Å². The lowest BCUT2D eigenvalue weighted by Crippen LogP contribution is -2.05. The zero-order valence-electron chi connectivity index (χ0n) is 11.7. The van der Waals surface area contributed by atoms with Crippen molar-refractivity contribution in [1.29, 1.82) is 0 Å². The first kappa shape index (κ1) is 14.0. The normalized spacial score (nSPS) is 12.7. The van der Waals surface area contributed by atoms with E-state index < -0.39 is 0 Å². The molecular weight excluding hydrogens is 284 g/mol. The quantitative estimate of drug-likeness (QED) is 0.783. The Balaban J connectivity index is 2.01. The van der Waals surface area contributed by atoms with Crippen LogP contribution < -0.4 is 0 Å². The average molecular weight is 300 g/mol. The summed E-state index contributed by atoms with van der Waals surface area (Å²) in [6.07, 6.45) is 5.28. The standard InChI is InChI=1S/C15H16N4OS/c1-21-12(8-20)13-14-15(17-9-16-13)19(10-18-14)7-11-5-3-2-4-6-11/h2-6,9-10,12,20H,7-8H2,1H3. The Bertz CT molecular complexity index is 725. The van der Waals surface area contributed by atoms with Gasteiger partial charge in [0.2, 0.25) is 0 Å². The van der Waals surface area contributed by atoms with Gasteiger partial charge in [0.05, 0.1) is 30.4 Å². The van der Waals surface area contributed by atoms with Crippen LogP contribution in [0.4, 0.5) is 0 Å². The molecule has 0 aliphatic carbocycles. The first-order valence-electron chi connectivity index (χ1n) is 6.66. The van der Waals surface area contributed by atoms with Crippen molar-refractivity contribution in [3.05, 3.63) is 54.2 Å². The van der Waals surface area contributed by atoms with Gasteiger partial charge in [-0.3, -0.25) is 0 Å². The van der Waals surface area contributed by atoms with E-state index in [1.807, 2.05) is 29.0 Å². The minimum Gasteiger partial charge on any atom is -0.395 e. The average Bonchev–Trinajstić information content (AvgIpc) is 2.94. The van der Waals surface area contributed by atoms with E-state index in [1.54, 1.807) is 24.4 Å². The Kier molecular flexibility index (Phi) is 4.17. The van der Waals surface area contributed by atoms with Crippen molar-refractivity contribution in [2.75, 3.05) is 12.9 Å². The molecular formula is C15H16N4OS. The van der Waals surface area contributed by atoms with Gasteiger partial charge in [-0.15, -0.1) is 0 Å². The van der Waals surface area contributed by atoms with Crippen LogP contribution in [0.3, 0.4) is 0 Å². The molecule has 0 saturated heterocycles. The summed E-state index contributed by atoms with van der Waals surface area (Å²) in [5.74, 6) is 0. The summed E-state index contributed by atoms with van der Waals surface area (Å²) in [5.41, 5.74) is 3.56. The molecule has 0 saturated carbocycles. The SMILES string of the molecule is CSC(CO)c1ncnc2c1ncn2Cc1ccccc1. The lowest BCUT2D eigenvalue weighted by atomic mass is 10.2. The number of hydrogen-bond donors (Lipinski definition) is 1. The molecule has 1 unspecified atom stereocenters. The Morgan fingerprint density at radius 2 is 2.00 bits per heavy atom. The number of benzene rings is 1. The Hall–Kier alpha value is -1.92. The van der Waals surface area contributed by atoms with Gasteiger partial charge in [0.15, 0.2) is 5.65 Å². The molecule has 108 valence electrons. The number of rotatable bonds is 5. The number of nitrogens with zero attached hydrogens (tertiary/aromatic N) is 4. The first-order valence-corrected chi connectivity index (χ1v) is 7.95. The Morgan fingerprint density at radius 3 is 2.71 bits per heavy atom. The summed E-state index contributed by atoms with van der Waals surface area (Å²) >= 11 is 1.56. The molecule has 3 aromatic rings. The van der Waals surface area contributed by atoms with Gasteiger partial charge in [-0.05, 0) is 11.8 Å². The topological polar surface area (TPSA) is 63.8 Å². The molecule has 0 aliphatic heterocycles. The molecule has 2 aromatic heterocycles. The molecule has 0 bridgehead atoms. The lowest BCUT2D eigenvalue weighted by molar-refractivity contribution is 0.295. The van der Waals surface area contributed by atoms with Crippen molar-refractivity contribution in [2.45, 2.75) is 11.8 Å². The van der Waals surface area contributed by atoms with Crippen LogP contribution >= 0.6 is 11.8 Å². The minimum atomic E-state index is -0.0735. The van der Waals surface area contributed by atoms with Crippen molar-refractivity contribution in [2.24, 2.45) is 0 Å². The Labute approximate surface area is 127 Å². The van der Waals surface area contributed by atoms with Crippen LogP contribution in [0.15, 0.2) is 43.0 Å². The van der Waals surface area contributed by atoms with Crippen LogP contribution in [0.25, 0.3) is 11.2 Å². The smallest absolute Gasteiger partial charge is 0.163 e. The number of aliphatic hydroxyl groups excluding tert-OH is 1. The van der Waals surface area contributed by atoms with Gasteiger partial charge < -0.3 is 9.67 Å². The predicted molar refractivity (Wildman–Crippen MR) is 84.2 cm³/mol. The summed E-state index contributed by atoms with van der Waals surface area (Å²) in [5, 5.41) is 9.39. The molecule has 3 rings (SSSR count). The van der Waals surface area contributed by atoms with Gasteiger partial charge in [0.25, 0.3) is 0 Å². The highest BCUT2D eigenvalue weighted by Crippen LogP contribution is 2.28. The molecule has 1 atom stereocenters. The molecule has 0 fully saturated rings. The van der Waals surface area contributed by atoms with E-state index in [0.717, 1.165) is 23.4 Å². The van der Waals surface area contributed by atoms with Crippen molar-refractivity contribution in [3.8, 4) is 0 Å². The molecule has 6 heteroatoms. The third kappa shape index (κ3) is 2.77. The molecule has 1 N–H and O–H groups in total. The molecule has 1 aromatic carbocycles. The van der Waals surface area contributed by atoms with E-state index in [1.165, 1.54) is 5.56 Å². The van der Waals surface area contributed by atoms with E-state index >= 15 is 0 Å². The number of fused-ring (bicyclic) bond motifs is 1. The van der Waals surface area contributed by atoms with Gasteiger partial charge in [0, 0.05) is 0 Å². The van der Waals surface area contributed by atoms with Crippen LogP contribution in [0.2, 0.25) is 0 Å². The van der Waals surface area contributed by atoms with Crippen molar-refractivity contribution in [3.63, 3.8) is 0 Å². The van der Waals surface area contributed by atoms with E-state index in [0.29, 0.717) is 0 Å². The number of imidazole rings is 1. The lowest BCUT2D eigenvalue weighted by Gasteiger charge is -2.10. The van der Waals surface area contributed by atoms with Crippen molar-refractivity contribution >= 4 is 22.9 Å². The zero-order chi connectivity index (χ0) is 14.7. The third-order valence-electron chi connectivity index (χ3n) is 3.38. The van der Waals surface area contributed by atoms with Crippen LogP contribution in [0.5, 0.6) is 0 Å². The summed E-state index contributed by atoms with van der Waals surface area (Å²) in [4.78, 5) is 13.1. The highest BCUT2D eigenvalue weighted by atomic mass is 32.2. The summed E-state index contributed by atoms with van der Waals surface area (Å²) in [7, 11) is 0. The highest BCUT2D eigenvalue weighted by Gasteiger charge is 2.17. The van der Waals surface area contributed by atoms with Gasteiger partial charge in [-0.25, -0.2) is 15.0 Å². The van der Waals surface area contributed by atoms with Crippen LogP contribution in [0, 0.1) is 0 Å². The monoisotopic (exact) mass is 300 g/mol. The Morgan fingerprint density at radius 1 is 1.19 bits per heavy atom. The molecule has 0 amide bonds. The van der Waals surface area contributed by atoms with Gasteiger partial charge >= 0.3 is 0 Å². The number of aromatic nitrogens is 4. The number of hydrogen-bond acceptors (Lipinski definition) is 5. The number of aliphatic hydroxyl groups is 1. The van der Waals surface area contributed by atoms with Crippen LogP contribution in [0.1, 0.15) is 16.5 Å². The summed E-state index contributed by atoms with van der Waals surface area (Å²) in [6.45, 7) is 0.760. The maximum atomic E-state index is 9.47. The van der Waals surface area contributed by atoms with E-state index in [2.05, 4.69) is 27.1 Å². The second-order valence-electron chi connectivity index (χ2n) is 4.70. The zero-order valence-corrected chi connectivity index (χ0v) is 12.5. The third-order valence-corrected chi connectivity index (χ3v) is 4.32. The number of thioether (sulfide) groups is 1. The van der Waals surface area contributed by atoms with Crippen molar-refractivity contribution in [1.82, 2.24) is 19.5 Å². The molecule has 5 nitrogen and oxygen atoms in total. The van der Waals surface area contributed by atoms with Crippen LogP contribution in [-0.4, -0.2) is 37.5 Å². The molecule has 0 spiro atoms. The van der Waals surface area contributed by atoms with E-state index in [9.17, 15) is 5.11 Å². The minimum absolute atomic E-state index is 0.0405. The van der Waals surface area contributed by atoms with Crippen LogP contribution in [-0.2, 0) is 6.54 Å². The second kappa shape index (κ2) is 6.24. The maximum Gasteiger partial charge on any atom is 0.163 e. The molecule has 2 heterocycles. The molecule has 0 radical (unpaired) electrons. The van der Waals surface area contributed by atoms with Gasteiger partial charge in [-0.2, -0.15) is 11.8 Å². The highest BCUT2D eigenvalue weighted by molar-refractivity contribution is 7.98. The van der Waals surface area contributed by atoms with Crippen molar-refractivity contribution < 1.29 is 5.11 Å². The first-order chi connectivity index (χ1) is 10.3. The molecule has 0 aliphatic rings. The largest absolute Gasteiger partial charge is 0.395 e. The second-order valence-corrected chi connectivity index (χ2v) is 5.74. The fourth-order valence-corrected chi connectivity index (χ4v) is 2.85. The summed E-state index contributed by atoms with van der Waals surface area (Å²) in [6, 6.07) is 10.2.